The second-order valence-corrected chi connectivity index (χ2v) is 12.2. The van der Waals surface area contributed by atoms with Gasteiger partial charge in [-0.05, 0) is 23.5 Å². The number of sulfonamides is 1. The molecule has 176 valence electrons. The van der Waals surface area contributed by atoms with Crippen LogP contribution in [0.25, 0.3) is 0 Å². The van der Waals surface area contributed by atoms with Crippen molar-refractivity contribution in [2.45, 2.75) is 43.9 Å². The van der Waals surface area contributed by atoms with Gasteiger partial charge in [-0.3, -0.25) is 0 Å². The molecule has 0 bridgehead atoms. The number of anilines is 3. The van der Waals surface area contributed by atoms with Crippen LogP contribution in [0, 0.1) is 5.92 Å². The van der Waals surface area contributed by atoms with Crippen LogP contribution in [0.4, 0.5) is 17.3 Å². The SMILES string of the molecule is CC(C)c1coc([C@H](Nc2n[s+]([O-])nc2Nc2csc(S(=O)(=O)N(C)C)c2O)C(C)C)c1. The highest BCUT2D eigenvalue weighted by atomic mass is 32.2. The average Bonchev–Trinajstić information content (AvgIpc) is 3.39. The molecule has 0 saturated heterocycles. The van der Waals surface area contributed by atoms with Gasteiger partial charge in [0.25, 0.3) is 10.0 Å². The maximum Gasteiger partial charge on any atom is 0.255 e. The van der Waals surface area contributed by atoms with Crippen LogP contribution in [-0.2, 0) is 10.0 Å². The number of aromatic nitrogens is 2. The zero-order valence-corrected chi connectivity index (χ0v) is 21.1. The molecule has 2 atom stereocenters. The van der Waals surface area contributed by atoms with Gasteiger partial charge in [0, 0.05) is 28.2 Å². The van der Waals surface area contributed by atoms with E-state index in [0.29, 0.717) is 11.7 Å². The van der Waals surface area contributed by atoms with E-state index in [0.717, 1.165) is 21.2 Å². The van der Waals surface area contributed by atoms with E-state index in [4.69, 9.17) is 4.42 Å². The first-order valence-corrected chi connectivity index (χ1v) is 13.2. The predicted molar refractivity (Wildman–Crippen MR) is 125 cm³/mol. The number of hydrogen-bond acceptors (Lipinski definition) is 10. The minimum atomic E-state index is -3.81. The number of thiophene rings is 1. The molecular formula is C19H27N5O5S3. The highest BCUT2D eigenvalue weighted by molar-refractivity contribution is 7.91. The monoisotopic (exact) mass is 501 g/mol. The van der Waals surface area contributed by atoms with Gasteiger partial charge in [0.1, 0.15) is 5.76 Å². The second kappa shape index (κ2) is 9.35. The van der Waals surface area contributed by atoms with E-state index in [1.807, 2.05) is 19.9 Å². The molecule has 0 aliphatic carbocycles. The molecule has 0 aromatic carbocycles. The van der Waals surface area contributed by atoms with Crippen molar-refractivity contribution in [3.05, 3.63) is 29.0 Å². The Balaban J connectivity index is 1.90. The number of nitrogens with one attached hydrogen (secondary N) is 2. The second-order valence-electron chi connectivity index (χ2n) is 8.11. The molecule has 1 unspecified atom stereocenters. The third-order valence-electron chi connectivity index (χ3n) is 4.84. The molecular weight excluding hydrogens is 474 g/mol. The first kappa shape index (κ1) is 24.5. The molecule has 3 N–H and O–H groups in total. The minimum Gasteiger partial charge on any atom is -0.546 e. The molecule has 3 rings (SSSR count). The van der Waals surface area contributed by atoms with Gasteiger partial charge in [0.2, 0.25) is 11.6 Å². The van der Waals surface area contributed by atoms with Gasteiger partial charge in [-0.15, -0.1) is 11.3 Å². The van der Waals surface area contributed by atoms with Crippen molar-refractivity contribution >= 4 is 49.8 Å². The van der Waals surface area contributed by atoms with Gasteiger partial charge >= 0.3 is 0 Å². The van der Waals surface area contributed by atoms with Gasteiger partial charge in [-0.1, -0.05) is 27.7 Å². The molecule has 32 heavy (non-hydrogen) atoms. The molecule has 0 aliphatic rings. The number of aromatic hydroxyl groups is 1. The largest absolute Gasteiger partial charge is 0.546 e. The molecule has 0 fully saturated rings. The summed E-state index contributed by atoms with van der Waals surface area (Å²) in [6.45, 7) is 8.16. The zero-order chi connectivity index (χ0) is 23.8. The van der Waals surface area contributed by atoms with Crippen molar-refractivity contribution in [1.82, 2.24) is 13.1 Å². The summed E-state index contributed by atoms with van der Waals surface area (Å²) in [4.78, 5) is 0. The molecule has 3 aromatic heterocycles. The van der Waals surface area contributed by atoms with Gasteiger partial charge < -0.3 is 24.7 Å². The number of rotatable bonds is 9. The Bertz CT molecular complexity index is 1180. The molecule has 3 aromatic rings. The molecule has 10 nitrogen and oxygen atoms in total. The van der Waals surface area contributed by atoms with Crippen molar-refractivity contribution in [1.29, 1.82) is 0 Å². The van der Waals surface area contributed by atoms with Crippen LogP contribution in [0.2, 0.25) is 0 Å². The average molecular weight is 502 g/mol. The zero-order valence-electron chi connectivity index (χ0n) is 18.6. The van der Waals surface area contributed by atoms with E-state index in [1.54, 1.807) is 6.26 Å². The van der Waals surface area contributed by atoms with Crippen molar-refractivity contribution in [3.8, 4) is 5.75 Å². The third-order valence-corrected chi connectivity index (χ3v) is 8.82. The third kappa shape index (κ3) is 4.91. The van der Waals surface area contributed by atoms with E-state index >= 15 is 0 Å². The molecule has 0 saturated carbocycles. The molecule has 0 radical (unpaired) electrons. The highest BCUT2D eigenvalue weighted by Gasteiger charge is 2.29. The van der Waals surface area contributed by atoms with Gasteiger partial charge in [0.15, 0.2) is 21.1 Å². The molecule has 0 amide bonds. The number of nitrogens with zero attached hydrogens (tertiary/aromatic N) is 3. The van der Waals surface area contributed by atoms with E-state index in [9.17, 15) is 18.1 Å². The van der Waals surface area contributed by atoms with Gasteiger partial charge in [-0.2, -0.15) is 0 Å². The van der Waals surface area contributed by atoms with Crippen molar-refractivity contribution in [2.75, 3.05) is 24.7 Å². The summed E-state index contributed by atoms with van der Waals surface area (Å²) >= 11 is -0.984. The highest BCUT2D eigenvalue weighted by Crippen LogP contribution is 2.41. The minimum absolute atomic E-state index is 0.102. The van der Waals surface area contributed by atoms with Crippen LogP contribution < -0.4 is 10.6 Å². The summed E-state index contributed by atoms with van der Waals surface area (Å²) in [5.74, 6) is 1.05. The summed E-state index contributed by atoms with van der Waals surface area (Å²) in [5.41, 5.74) is 1.19. The number of hydrogen-bond donors (Lipinski definition) is 3. The molecule has 13 heteroatoms. The molecule has 0 aliphatic heterocycles. The normalized spacial score (nSPS) is 13.9. The van der Waals surface area contributed by atoms with E-state index in [2.05, 4.69) is 33.2 Å². The first-order chi connectivity index (χ1) is 14.9. The number of furan rings is 1. The van der Waals surface area contributed by atoms with Gasteiger partial charge in [-0.25, -0.2) is 12.7 Å². The van der Waals surface area contributed by atoms with Crippen LogP contribution in [-0.4, -0.2) is 45.2 Å². The summed E-state index contributed by atoms with van der Waals surface area (Å²) in [6, 6.07) is 1.70. The van der Waals surface area contributed by atoms with E-state index in [1.165, 1.54) is 19.5 Å². The Hall–Kier alpha value is -2.19. The lowest BCUT2D eigenvalue weighted by Gasteiger charge is -2.19. The Kier molecular flexibility index (Phi) is 7.15. The predicted octanol–water partition coefficient (Wildman–Crippen LogP) is 4.49. The molecule has 0 spiro atoms. The smallest absolute Gasteiger partial charge is 0.255 e. The fourth-order valence-electron chi connectivity index (χ4n) is 2.89. The summed E-state index contributed by atoms with van der Waals surface area (Å²) < 4.78 is 51.4. The Morgan fingerprint density at radius 1 is 1.22 bits per heavy atom. The van der Waals surface area contributed by atoms with Crippen LogP contribution in [0.3, 0.4) is 0 Å². The fourth-order valence-corrected chi connectivity index (χ4v) is 5.89. The van der Waals surface area contributed by atoms with Crippen molar-refractivity contribution in [2.24, 2.45) is 5.92 Å². The van der Waals surface area contributed by atoms with E-state index < -0.39 is 26.9 Å². The topological polar surface area (TPSA) is 144 Å². The molecule has 3 heterocycles. The lowest BCUT2D eigenvalue weighted by atomic mass is 9.99. The maximum atomic E-state index is 12.4. The van der Waals surface area contributed by atoms with Crippen LogP contribution in [0.5, 0.6) is 5.75 Å². The maximum absolute atomic E-state index is 12.4. The van der Waals surface area contributed by atoms with Gasteiger partial charge in [0.05, 0.1) is 18.0 Å². The van der Waals surface area contributed by atoms with Crippen LogP contribution >= 0.6 is 22.5 Å². The fraction of sp³-hybridized carbons (Fsp3) is 0.474. The van der Waals surface area contributed by atoms with Crippen molar-refractivity contribution < 1.29 is 22.5 Å². The van der Waals surface area contributed by atoms with Crippen LogP contribution in [0.1, 0.15) is 51.0 Å². The van der Waals surface area contributed by atoms with Crippen LogP contribution in [0.15, 0.2) is 26.3 Å². The summed E-state index contributed by atoms with van der Waals surface area (Å²) in [5, 5.41) is 18.0. The lowest BCUT2D eigenvalue weighted by molar-refractivity contribution is 0.420. The summed E-state index contributed by atoms with van der Waals surface area (Å²) in [6.07, 6.45) is 1.72. The summed E-state index contributed by atoms with van der Waals surface area (Å²) in [7, 11) is -1.05. The quantitative estimate of drug-likeness (QED) is 0.361. The Labute approximate surface area is 194 Å². The standard InChI is InChI=1S/C19H27N5O5S3/c1-10(2)12-7-14(29-8-12)15(11(3)4)21-18-17(22-31(26)23-18)20-13-9-30-19(16(13)25)32(27,28)24(5)6/h7-11,15,25H,1-6H3,(H,20,22)(H,21,23)/t15-,31?/m1/s1. The van der Waals surface area contributed by atoms with Crippen molar-refractivity contribution in [3.63, 3.8) is 0 Å². The first-order valence-electron chi connectivity index (χ1n) is 9.86. The lowest BCUT2D eigenvalue weighted by Crippen LogP contribution is -2.21. The Morgan fingerprint density at radius 2 is 1.88 bits per heavy atom. The Morgan fingerprint density at radius 3 is 2.44 bits per heavy atom. The van der Waals surface area contributed by atoms with E-state index in [-0.39, 0.29) is 33.5 Å².